The van der Waals surface area contributed by atoms with Crippen LogP contribution in [0.1, 0.15) is 25.0 Å². The predicted octanol–water partition coefficient (Wildman–Crippen LogP) is 15.1. The molecule has 0 radical (unpaired) electrons. The fourth-order valence-electron chi connectivity index (χ4n) is 9.53. The maximum atomic E-state index is 5.29. The normalized spacial score (nSPS) is 12.7. The Kier molecular flexibility index (Phi) is 8.20. The first kappa shape index (κ1) is 34.8. The number of hydrogen-bond acceptors (Lipinski definition) is 2. The Morgan fingerprint density at radius 2 is 0.831 bits per heavy atom. The van der Waals surface area contributed by atoms with Gasteiger partial charge < -0.3 is 0 Å². The van der Waals surface area contributed by atoms with E-state index in [1.807, 2.05) is 6.07 Å². The number of nitrogens with zero attached hydrogens (tertiary/aromatic N) is 2. The third-order valence-electron chi connectivity index (χ3n) is 12.3. The quantitative estimate of drug-likeness (QED) is 0.169. The molecule has 1 heterocycles. The summed E-state index contributed by atoms with van der Waals surface area (Å²) in [4.78, 5) is 10.6. The average Bonchev–Trinajstić information content (AvgIpc) is 3.54. The van der Waals surface area contributed by atoms with Gasteiger partial charge in [-0.15, -0.1) is 0 Å². The van der Waals surface area contributed by atoms with Gasteiger partial charge in [0.1, 0.15) is 0 Å². The van der Waals surface area contributed by atoms with E-state index in [0.717, 1.165) is 39.0 Å². The number of benzene rings is 9. The van der Waals surface area contributed by atoms with Gasteiger partial charge in [0.25, 0.3) is 0 Å². The van der Waals surface area contributed by atoms with Gasteiger partial charge in [-0.3, -0.25) is 0 Å². The molecule has 2 nitrogen and oxygen atoms in total. The number of aromatic nitrogens is 2. The first-order chi connectivity index (χ1) is 29.0. The monoisotopic (exact) mass is 752 g/mol. The molecule has 0 unspecified atom stereocenters. The van der Waals surface area contributed by atoms with Gasteiger partial charge in [0, 0.05) is 22.1 Å². The summed E-state index contributed by atoms with van der Waals surface area (Å²) in [5, 5.41) is 4.78. The predicted molar refractivity (Wildman–Crippen MR) is 247 cm³/mol. The molecule has 1 aliphatic rings. The largest absolute Gasteiger partial charge is 0.228 e. The highest BCUT2D eigenvalue weighted by Gasteiger charge is 2.37. The first-order valence-corrected chi connectivity index (χ1v) is 20.4. The van der Waals surface area contributed by atoms with E-state index in [-0.39, 0.29) is 5.41 Å². The molecule has 0 saturated heterocycles. The van der Waals surface area contributed by atoms with Crippen molar-refractivity contribution in [3.8, 4) is 78.4 Å². The van der Waals surface area contributed by atoms with Crippen molar-refractivity contribution in [2.24, 2.45) is 0 Å². The molecular formula is C57H40N2. The van der Waals surface area contributed by atoms with Gasteiger partial charge in [0.2, 0.25) is 0 Å². The van der Waals surface area contributed by atoms with Gasteiger partial charge in [-0.05, 0) is 83.2 Å². The minimum absolute atomic E-state index is 0.0769. The Balaban J connectivity index is 1.03. The van der Waals surface area contributed by atoms with Crippen LogP contribution in [0.5, 0.6) is 0 Å². The second-order valence-electron chi connectivity index (χ2n) is 16.1. The summed E-state index contributed by atoms with van der Waals surface area (Å²) in [6.45, 7) is 4.72. The zero-order chi connectivity index (χ0) is 39.5. The van der Waals surface area contributed by atoms with Crippen LogP contribution in [-0.2, 0) is 5.41 Å². The summed E-state index contributed by atoms with van der Waals surface area (Å²) >= 11 is 0. The van der Waals surface area contributed by atoms with Crippen molar-refractivity contribution >= 4 is 21.5 Å². The highest BCUT2D eigenvalue weighted by molar-refractivity contribution is 6.05. The van der Waals surface area contributed by atoms with Crippen LogP contribution in [0.3, 0.4) is 0 Å². The molecule has 1 aromatic heterocycles. The van der Waals surface area contributed by atoms with Gasteiger partial charge in [0.05, 0.1) is 11.4 Å². The molecule has 9 aromatic carbocycles. The lowest BCUT2D eigenvalue weighted by atomic mass is 9.79. The molecule has 2 heteroatoms. The molecular weight excluding hydrogens is 713 g/mol. The summed E-state index contributed by atoms with van der Waals surface area (Å²) in [6, 6.07) is 74.3. The minimum Gasteiger partial charge on any atom is -0.228 e. The van der Waals surface area contributed by atoms with Gasteiger partial charge in [-0.25, -0.2) is 9.97 Å². The molecule has 0 aliphatic heterocycles. The van der Waals surface area contributed by atoms with E-state index < -0.39 is 0 Å². The van der Waals surface area contributed by atoms with Crippen molar-refractivity contribution < 1.29 is 0 Å². The van der Waals surface area contributed by atoms with Crippen molar-refractivity contribution in [3.05, 3.63) is 217 Å². The van der Waals surface area contributed by atoms with Crippen LogP contribution >= 0.6 is 0 Å². The minimum atomic E-state index is -0.0769. The Bertz CT molecular complexity index is 3230. The molecule has 0 amide bonds. The molecule has 59 heavy (non-hydrogen) atoms. The Hall–Kier alpha value is -7.42. The second kappa shape index (κ2) is 13.9. The average molecular weight is 753 g/mol. The lowest BCUT2D eigenvalue weighted by Crippen LogP contribution is -2.16. The molecule has 0 atom stereocenters. The van der Waals surface area contributed by atoms with Crippen LogP contribution in [0.15, 0.2) is 206 Å². The first-order valence-electron chi connectivity index (χ1n) is 20.4. The SMILES string of the molecule is CC1(C)c2ccccc2-c2cccc(-c3ccc(-c4ccc(-c5cc(-c6ccccc6-c6cccc7ccccc67)nc(-c6ccccc6)n5)c5ccccc45)cc3)c21. The van der Waals surface area contributed by atoms with Crippen molar-refractivity contribution in [3.63, 3.8) is 0 Å². The van der Waals surface area contributed by atoms with Crippen LogP contribution in [0, 0.1) is 0 Å². The van der Waals surface area contributed by atoms with Gasteiger partial charge >= 0.3 is 0 Å². The third kappa shape index (κ3) is 5.79. The van der Waals surface area contributed by atoms with E-state index in [9.17, 15) is 0 Å². The van der Waals surface area contributed by atoms with Crippen LogP contribution in [0.2, 0.25) is 0 Å². The lowest BCUT2D eigenvalue weighted by Gasteiger charge is -2.24. The number of fused-ring (bicyclic) bond motifs is 5. The maximum Gasteiger partial charge on any atom is 0.160 e. The van der Waals surface area contributed by atoms with E-state index in [4.69, 9.17) is 9.97 Å². The molecule has 0 fully saturated rings. The summed E-state index contributed by atoms with van der Waals surface area (Å²) < 4.78 is 0. The molecule has 0 saturated carbocycles. The van der Waals surface area contributed by atoms with Crippen LogP contribution in [0.25, 0.3) is 100.0 Å². The van der Waals surface area contributed by atoms with Crippen molar-refractivity contribution in [2.45, 2.75) is 19.3 Å². The topological polar surface area (TPSA) is 25.8 Å². The van der Waals surface area contributed by atoms with Crippen LogP contribution in [0.4, 0.5) is 0 Å². The summed E-state index contributed by atoms with van der Waals surface area (Å²) in [7, 11) is 0. The molecule has 0 N–H and O–H groups in total. The molecule has 0 bridgehead atoms. The fourth-order valence-corrected chi connectivity index (χ4v) is 9.53. The summed E-state index contributed by atoms with van der Waals surface area (Å²) in [5.74, 6) is 0.702. The van der Waals surface area contributed by atoms with Gasteiger partial charge in [-0.2, -0.15) is 0 Å². The highest BCUT2D eigenvalue weighted by atomic mass is 14.9. The van der Waals surface area contributed by atoms with E-state index in [1.54, 1.807) is 0 Å². The molecule has 0 spiro atoms. The second-order valence-corrected chi connectivity index (χ2v) is 16.1. The number of hydrogen-bond donors (Lipinski definition) is 0. The zero-order valence-electron chi connectivity index (χ0n) is 33.0. The van der Waals surface area contributed by atoms with E-state index in [2.05, 4.69) is 214 Å². The van der Waals surface area contributed by atoms with Crippen molar-refractivity contribution in [2.75, 3.05) is 0 Å². The Morgan fingerprint density at radius 1 is 0.322 bits per heavy atom. The van der Waals surface area contributed by atoms with Crippen LogP contribution in [-0.4, -0.2) is 9.97 Å². The van der Waals surface area contributed by atoms with E-state index in [1.165, 1.54) is 66.2 Å². The van der Waals surface area contributed by atoms with Crippen molar-refractivity contribution in [1.29, 1.82) is 0 Å². The number of rotatable bonds is 6. The van der Waals surface area contributed by atoms with Gasteiger partial charge in [0.15, 0.2) is 5.82 Å². The molecule has 278 valence electrons. The Morgan fingerprint density at radius 3 is 1.61 bits per heavy atom. The smallest absolute Gasteiger partial charge is 0.160 e. The molecule has 10 aromatic rings. The summed E-state index contributed by atoms with van der Waals surface area (Å²) in [6.07, 6.45) is 0. The standard InChI is InChI=1S/C57H40N2/c1-57(2)52-29-13-12-24-48(52)51-28-15-26-43(55(51)57)39-32-30-38(31-33-39)42-34-35-50(47-23-9-8-21-44(42)47)54-36-53(58-56(59-54)40-17-4-3-5-18-40)49-25-11-10-22-46(49)45-27-14-19-37-16-6-7-20-41(37)45/h3-36H,1-2H3. The summed E-state index contributed by atoms with van der Waals surface area (Å²) in [5.41, 5.74) is 17.6. The highest BCUT2D eigenvalue weighted by Crippen LogP contribution is 2.52. The fraction of sp³-hybridized carbons (Fsp3) is 0.0526. The van der Waals surface area contributed by atoms with E-state index in [0.29, 0.717) is 5.82 Å². The van der Waals surface area contributed by atoms with Gasteiger partial charge in [-0.1, -0.05) is 214 Å². The Labute approximate surface area is 345 Å². The molecule has 1 aliphatic carbocycles. The van der Waals surface area contributed by atoms with Crippen LogP contribution < -0.4 is 0 Å². The molecule has 11 rings (SSSR count). The lowest BCUT2D eigenvalue weighted by molar-refractivity contribution is 0.662. The maximum absolute atomic E-state index is 5.29. The van der Waals surface area contributed by atoms with Crippen molar-refractivity contribution in [1.82, 2.24) is 9.97 Å². The third-order valence-corrected chi connectivity index (χ3v) is 12.3. The zero-order valence-corrected chi connectivity index (χ0v) is 33.0. The van der Waals surface area contributed by atoms with E-state index >= 15 is 0 Å².